The van der Waals surface area contributed by atoms with Crippen LogP contribution < -0.4 is 11.5 Å². The molecule has 1 saturated carbocycles. The molecule has 2 saturated heterocycles. The Morgan fingerprint density at radius 1 is 1.26 bits per heavy atom. The first-order valence-electron chi connectivity index (χ1n) is 9.84. The zero-order valence-electron chi connectivity index (χ0n) is 16.8. The molecule has 3 fully saturated rings. The van der Waals surface area contributed by atoms with Crippen molar-refractivity contribution < 1.29 is 19.2 Å². The van der Waals surface area contributed by atoms with Gasteiger partial charge < -0.3 is 30.8 Å². The Morgan fingerprint density at radius 2 is 1.85 bits per heavy atom. The van der Waals surface area contributed by atoms with Gasteiger partial charge in [-0.1, -0.05) is 6.42 Å². The van der Waals surface area contributed by atoms with E-state index in [0.717, 1.165) is 6.42 Å². The fraction of sp³-hybridized carbons (Fsp3) is 0.889. The molecule has 0 unspecified atom stereocenters. The predicted octanol–water partition coefficient (Wildman–Crippen LogP) is 1.10. The van der Waals surface area contributed by atoms with Crippen LogP contribution in [0, 0.1) is 23.2 Å². The summed E-state index contributed by atoms with van der Waals surface area (Å²) in [6, 6.07) is 0. The lowest BCUT2D eigenvalue weighted by molar-refractivity contribution is -0.145. The SMILES string of the molecule is CC1(C)OB(CCC[C@H]2[C@@H]3CN(C(=N)N)C[C@@H]3C[C@@]2(N)C(=O)O)OC1(C)C. The van der Waals surface area contributed by atoms with Crippen LogP contribution in [0.25, 0.3) is 0 Å². The summed E-state index contributed by atoms with van der Waals surface area (Å²) in [5.41, 5.74) is 10.1. The van der Waals surface area contributed by atoms with E-state index in [1.54, 1.807) is 0 Å². The van der Waals surface area contributed by atoms with Crippen molar-refractivity contribution in [2.24, 2.45) is 29.2 Å². The number of carbonyl (C=O) groups is 1. The molecule has 9 heteroatoms. The van der Waals surface area contributed by atoms with E-state index in [1.807, 2.05) is 32.6 Å². The van der Waals surface area contributed by atoms with Crippen molar-refractivity contribution in [1.82, 2.24) is 4.90 Å². The third-order valence-electron chi connectivity index (χ3n) is 7.27. The molecular formula is C18H33BN4O4. The van der Waals surface area contributed by atoms with Gasteiger partial charge in [0.1, 0.15) is 5.54 Å². The second kappa shape index (κ2) is 6.63. The standard InChI is InChI=1S/C18H33BN4O4/c1-16(2)17(3,4)27-19(26-16)7-5-6-13-12-10-23(15(20)21)9-11(12)8-18(13,22)14(24)25/h11-13H,5-10,22H2,1-4H3,(H3,20,21)(H,24,25)/t11-,12+,13-,18-/m0/s1. The maximum absolute atomic E-state index is 11.9. The molecule has 0 radical (unpaired) electrons. The Bertz CT molecular complexity index is 612. The number of fused-ring (bicyclic) bond motifs is 1. The van der Waals surface area contributed by atoms with E-state index < -0.39 is 11.5 Å². The first kappa shape index (κ1) is 20.4. The van der Waals surface area contributed by atoms with Crippen LogP contribution in [-0.4, -0.2) is 58.9 Å². The minimum atomic E-state index is -1.20. The molecule has 0 spiro atoms. The molecule has 0 aromatic heterocycles. The smallest absolute Gasteiger partial charge is 0.457 e. The molecule has 0 aromatic carbocycles. The molecular weight excluding hydrogens is 347 g/mol. The zero-order valence-corrected chi connectivity index (χ0v) is 16.8. The lowest BCUT2D eigenvalue weighted by Crippen LogP contribution is -2.53. The van der Waals surface area contributed by atoms with Crippen molar-refractivity contribution in [1.29, 1.82) is 5.41 Å². The average molecular weight is 380 g/mol. The van der Waals surface area contributed by atoms with Gasteiger partial charge in [0.25, 0.3) is 0 Å². The van der Waals surface area contributed by atoms with Crippen molar-refractivity contribution in [3.05, 3.63) is 0 Å². The van der Waals surface area contributed by atoms with Crippen molar-refractivity contribution >= 4 is 19.0 Å². The third kappa shape index (κ3) is 3.45. The quantitative estimate of drug-likeness (QED) is 0.319. The highest BCUT2D eigenvalue weighted by molar-refractivity contribution is 6.45. The second-order valence-corrected chi connectivity index (χ2v) is 9.49. The molecule has 0 amide bonds. The van der Waals surface area contributed by atoms with Gasteiger partial charge in [-0.05, 0) is 64.6 Å². The topological polar surface area (TPSA) is 135 Å². The average Bonchev–Trinajstić information content (AvgIpc) is 3.09. The van der Waals surface area contributed by atoms with Gasteiger partial charge in [0, 0.05) is 13.1 Å². The first-order chi connectivity index (χ1) is 12.4. The summed E-state index contributed by atoms with van der Waals surface area (Å²) in [6.07, 6.45) is 2.65. The predicted molar refractivity (Wildman–Crippen MR) is 103 cm³/mol. The van der Waals surface area contributed by atoms with Gasteiger partial charge >= 0.3 is 13.1 Å². The summed E-state index contributed by atoms with van der Waals surface area (Å²) >= 11 is 0. The van der Waals surface area contributed by atoms with Crippen LogP contribution in [0.5, 0.6) is 0 Å². The van der Waals surface area contributed by atoms with Crippen LogP contribution in [0.4, 0.5) is 0 Å². The number of nitrogens with one attached hydrogen (secondary N) is 1. The number of hydrogen-bond donors (Lipinski definition) is 4. The minimum absolute atomic E-state index is 0.0540. The lowest BCUT2D eigenvalue weighted by atomic mass is 9.75. The number of carboxylic acid groups (broad SMARTS) is 1. The van der Waals surface area contributed by atoms with E-state index in [2.05, 4.69) is 0 Å². The van der Waals surface area contributed by atoms with Crippen molar-refractivity contribution in [2.45, 2.75) is 70.0 Å². The molecule has 27 heavy (non-hydrogen) atoms. The molecule has 0 bridgehead atoms. The summed E-state index contributed by atoms with van der Waals surface area (Å²) in [5, 5.41) is 17.4. The number of nitrogens with zero attached hydrogens (tertiary/aromatic N) is 1. The van der Waals surface area contributed by atoms with Gasteiger partial charge in [0.05, 0.1) is 11.2 Å². The van der Waals surface area contributed by atoms with E-state index in [-0.39, 0.29) is 42.0 Å². The zero-order chi connectivity index (χ0) is 20.2. The van der Waals surface area contributed by atoms with E-state index >= 15 is 0 Å². The molecule has 4 atom stereocenters. The highest BCUT2D eigenvalue weighted by Crippen LogP contribution is 2.49. The fourth-order valence-electron chi connectivity index (χ4n) is 5.04. The molecule has 8 nitrogen and oxygen atoms in total. The van der Waals surface area contributed by atoms with Crippen LogP contribution >= 0.6 is 0 Å². The van der Waals surface area contributed by atoms with Crippen molar-refractivity contribution in [2.75, 3.05) is 13.1 Å². The monoisotopic (exact) mass is 380 g/mol. The van der Waals surface area contributed by atoms with E-state index in [0.29, 0.717) is 32.3 Å². The Kier molecular flexibility index (Phi) is 5.02. The van der Waals surface area contributed by atoms with E-state index in [4.69, 9.17) is 26.2 Å². The number of guanidine groups is 1. The van der Waals surface area contributed by atoms with Crippen LogP contribution in [0.15, 0.2) is 0 Å². The van der Waals surface area contributed by atoms with E-state index in [9.17, 15) is 9.90 Å². The number of hydrogen-bond acceptors (Lipinski definition) is 5. The highest BCUT2D eigenvalue weighted by atomic mass is 16.7. The summed E-state index contributed by atoms with van der Waals surface area (Å²) in [7, 11) is -0.276. The molecule has 6 N–H and O–H groups in total. The summed E-state index contributed by atoms with van der Waals surface area (Å²) in [4.78, 5) is 13.7. The van der Waals surface area contributed by atoms with Crippen molar-refractivity contribution in [3.8, 4) is 0 Å². The first-order valence-corrected chi connectivity index (χ1v) is 9.84. The number of carboxylic acids is 1. The summed E-state index contributed by atoms with van der Waals surface area (Å²) < 4.78 is 12.1. The maximum Gasteiger partial charge on any atom is 0.457 e. The van der Waals surface area contributed by atoms with Gasteiger partial charge in [-0.15, -0.1) is 0 Å². The molecule has 152 valence electrons. The van der Waals surface area contributed by atoms with E-state index in [1.165, 1.54) is 0 Å². The second-order valence-electron chi connectivity index (χ2n) is 9.49. The van der Waals surface area contributed by atoms with Crippen LogP contribution in [-0.2, 0) is 14.1 Å². The Balaban J connectivity index is 1.63. The van der Waals surface area contributed by atoms with Crippen LogP contribution in [0.3, 0.4) is 0 Å². The van der Waals surface area contributed by atoms with Gasteiger partial charge in [0.2, 0.25) is 0 Å². The van der Waals surface area contributed by atoms with Crippen LogP contribution in [0.1, 0.15) is 47.0 Å². The molecule has 1 aliphatic carbocycles. The summed E-state index contributed by atoms with van der Waals surface area (Å²) in [6.45, 7) is 9.35. The maximum atomic E-state index is 11.9. The van der Waals surface area contributed by atoms with Gasteiger partial charge in [-0.25, -0.2) is 0 Å². The van der Waals surface area contributed by atoms with Crippen LogP contribution in [0.2, 0.25) is 6.32 Å². The Morgan fingerprint density at radius 3 is 2.37 bits per heavy atom. The fourth-order valence-corrected chi connectivity index (χ4v) is 5.04. The molecule has 2 heterocycles. The van der Waals surface area contributed by atoms with Gasteiger partial charge in [0.15, 0.2) is 5.96 Å². The summed E-state index contributed by atoms with van der Waals surface area (Å²) in [5.74, 6) is -0.665. The number of nitrogens with two attached hydrogens (primary N) is 2. The largest absolute Gasteiger partial charge is 0.480 e. The minimum Gasteiger partial charge on any atom is -0.480 e. The van der Waals surface area contributed by atoms with Gasteiger partial charge in [-0.2, -0.15) is 0 Å². The molecule has 3 rings (SSSR count). The number of rotatable bonds is 5. The third-order valence-corrected chi connectivity index (χ3v) is 7.27. The number of likely N-dealkylation sites (tertiary alicyclic amines) is 1. The lowest BCUT2D eigenvalue weighted by Gasteiger charge is -2.32. The molecule has 2 aliphatic heterocycles. The Labute approximate surface area is 161 Å². The highest BCUT2D eigenvalue weighted by Gasteiger charge is 2.58. The normalized spacial score (nSPS) is 36.9. The van der Waals surface area contributed by atoms with Crippen molar-refractivity contribution in [3.63, 3.8) is 0 Å². The van der Waals surface area contributed by atoms with Gasteiger partial charge in [-0.3, -0.25) is 10.2 Å². The molecule has 3 aliphatic rings. The Hall–Kier alpha value is -1.32. The number of aliphatic carboxylic acids is 1. The molecule has 0 aromatic rings.